The van der Waals surface area contributed by atoms with E-state index in [1.807, 2.05) is 18.2 Å². The number of carbonyl (C=O) groups is 1. The number of aromatic nitrogens is 3. The first-order chi connectivity index (χ1) is 15.5. The molecule has 0 atom stereocenters. The van der Waals surface area contributed by atoms with Gasteiger partial charge in [0.05, 0.1) is 0 Å². The number of amides is 1. The van der Waals surface area contributed by atoms with Crippen LogP contribution in [0.3, 0.4) is 0 Å². The molecule has 3 N–H and O–H groups in total. The van der Waals surface area contributed by atoms with Crippen molar-refractivity contribution >= 4 is 22.5 Å². The van der Waals surface area contributed by atoms with Gasteiger partial charge in [0, 0.05) is 42.1 Å². The number of carbonyl (C=O) groups excluding carboxylic acids is 1. The molecule has 172 valence electrons. The molecule has 4 rings (SSSR count). The molecule has 0 saturated carbocycles. The number of fused-ring (bicyclic) bond motifs is 2. The van der Waals surface area contributed by atoms with Crippen LogP contribution in [0.5, 0.6) is 0 Å². The lowest BCUT2D eigenvalue weighted by atomic mass is 9.76. The minimum Gasteiger partial charge on any atom is -0.357 e. The Morgan fingerprint density at radius 1 is 1.03 bits per heavy atom. The Bertz CT molecular complexity index is 1370. The molecule has 3 heterocycles. The molecule has 4 aromatic rings. The van der Waals surface area contributed by atoms with Crippen LogP contribution < -0.4 is 16.2 Å². The van der Waals surface area contributed by atoms with Crippen LogP contribution in [-0.4, -0.2) is 25.8 Å². The molecule has 0 aliphatic heterocycles. The smallest absolute Gasteiger partial charge is 0.270 e. The van der Waals surface area contributed by atoms with Gasteiger partial charge in [0.15, 0.2) is 0 Å². The SMILES string of the molecule is CC(C)(C)C(C)(C)NCc1cc2ccc(CNC(=O)c3cc(=O)n4ccccc4n3)cc2[nH]1. The van der Waals surface area contributed by atoms with Crippen molar-refractivity contribution in [2.45, 2.75) is 53.2 Å². The monoisotopic (exact) mass is 445 g/mol. The highest BCUT2D eigenvalue weighted by Gasteiger charge is 2.32. The van der Waals surface area contributed by atoms with Crippen LogP contribution in [-0.2, 0) is 13.1 Å². The molecule has 3 aromatic heterocycles. The van der Waals surface area contributed by atoms with Gasteiger partial charge in [0.25, 0.3) is 11.5 Å². The molecular formula is C26H31N5O2. The first-order valence-corrected chi connectivity index (χ1v) is 11.2. The molecule has 0 spiro atoms. The number of aromatic amines is 1. The molecule has 1 aromatic carbocycles. The van der Waals surface area contributed by atoms with E-state index in [4.69, 9.17) is 0 Å². The van der Waals surface area contributed by atoms with Crippen molar-refractivity contribution < 1.29 is 4.79 Å². The van der Waals surface area contributed by atoms with E-state index >= 15 is 0 Å². The zero-order valence-corrected chi connectivity index (χ0v) is 19.8. The van der Waals surface area contributed by atoms with Gasteiger partial charge in [-0.25, -0.2) is 4.98 Å². The lowest BCUT2D eigenvalue weighted by Gasteiger charge is -2.39. The Morgan fingerprint density at radius 2 is 1.82 bits per heavy atom. The summed E-state index contributed by atoms with van der Waals surface area (Å²) in [7, 11) is 0. The average molecular weight is 446 g/mol. The topological polar surface area (TPSA) is 91.3 Å². The van der Waals surface area contributed by atoms with Crippen molar-refractivity contribution in [2.75, 3.05) is 0 Å². The highest BCUT2D eigenvalue weighted by Crippen LogP contribution is 2.29. The molecule has 1 amide bonds. The number of hydrogen-bond acceptors (Lipinski definition) is 4. The third-order valence-corrected chi connectivity index (χ3v) is 6.60. The molecule has 7 heteroatoms. The van der Waals surface area contributed by atoms with Crippen LogP contribution >= 0.6 is 0 Å². The molecule has 0 aliphatic carbocycles. The van der Waals surface area contributed by atoms with E-state index in [0.29, 0.717) is 12.2 Å². The van der Waals surface area contributed by atoms with Gasteiger partial charge in [-0.05, 0) is 54.5 Å². The molecule has 0 unspecified atom stereocenters. The van der Waals surface area contributed by atoms with Crippen molar-refractivity contribution in [1.29, 1.82) is 0 Å². The Morgan fingerprint density at radius 3 is 2.58 bits per heavy atom. The van der Waals surface area contributed by atoms with Gasteiger partial charge in [-0.15, -0.1) is 0 Å². The quantitative estimate of drug-likeness (QED) is 0.418. The summed E-state index contributed by atoms with van der Waals surface area (Å²) in [5, 5.41) is 7.63. The van der Waals surface area contributed by atoms with Gasteiger partial charge in [-0.1, -0.05) is 39.0 Å². The maximum atomic E-state index is 12.6. The molecule has 7 nitrogen and oxygen atoms in total. The number of H-pyrrole nitrogens is 1. The lowest BCUT2D eigenvalue weighted by Crippen LogP contribution is -2.49. The van der Waals surface area contributed by atoms with Crippen molar-refractivity contribution in [3.63, 3.8) is 0 Å². The Balaban J connectivity index is 1.44. The van der Waals surface area contributed by atoms with E-state index in [2.05, 4.69) is 61.3 Å². The maximum Gasteiger partial charge on any atom is 0.270 e. The highest BCUT2D eigenvalue weighted by atomic mass is 16.2. The summed E-state index contributed by atoms with van der Waals surface area (Å²) in [5.41, 5.74) is 3.49. The first kappa shape index (κ1) is 22.7. The molecule has 0 saturated heterocycles. The largest absolute Gasteiger partial charge is 0.357 e. The fourth-order valence-corrected chi connectivity index (χ4v) is 3.46. The van der Waals surface area contributed by atoms with E-state index < -0.39 is 0 Å². The second-order valence-corrected chi connectivity index (χ2v) is 10.0. The van der Waals surface area contributed by atoms with Crippen LogP contribution in [0.4, 0.5) is 0 Å². The molecule has 0 fully saturated rings. The van der Waals surface area contributed by atoms with Crippen molar-refractivity contribution in [3.8, 4) is 0 Å². The summed E-state index contributed by atoms with van der Waals surface area (Å²) in [6, 6.07) is 14.7. The minimum absolute atomic E-state index is 0.0149. The Kier molecular flexibility index (Phi) is 5.84. The number of pyridine rings is 1. The molecule has 33 heavy (non-hydrogen) atoms. The fourth-order valence-electron chi connectivity index (χ4n) is 3.46. The summed E-state index contributed by atoms with van der Waals surface area (Å²) in [4.78, 5) is 32.6. The van der Waals surface area contributed by atoms with Crippen LogP contribution in [0.25, 0.3) is 16.6 Å². The number of nitrogens with one attached hydrogen (secondary N) is 3. The van der Waals surface area contributed by atoms with Crippen LogP contribution in [0.15, 0.2) is 59.5 Å². The van der Waals surface area contributed by atoms with E-state index in [9.17, 15) is 9.59 Å². The van der Waals surface area contributed by atoms with Gasteiger partial charge in [0.1, 0.15) is 11.3 Å². The van der Waals surface area contributed by atoms with Crippen molar-refractivity contribution in [1.82, 2.24) is 25.0 Å². The molecule has 0 aliphatic rings. The van der Waals surface area contributed by atoms with E-state index in [1.54, 1.807) is 24.4 Å². The first-order valence-electron chi connectivity index (χ1n) is 11.2. The minimum atomic E-state index is -0.376. The lowest BCUT2D eigenvalue weighted by molar-refractivity contribution is 0.0946. The third-order valence-electron chi connectivity index (χ3n) is 6.60. The van der Waals surface area contributed by atoms with E-state index in [-0.39, 0.29) is 28.1 Å². The van der Waals surface area contributed by atoms with E-state index in [0.717, 1.165) is 28.7 Å². The molecule has 0 radical (unpaired) electrons. The van der Waals surface area contributed by atoms with Gasteiger partial charge in [-0.2, -0.15) is 0 Å². The molecular weight excluding hydrogens is 414 g/mol. The van der Waals surface area contributed by atoms with Gasteiger partial charge in [0.2, 0.25) is 0 Å². The predicted molar refractivity (Wildman–Crippen MR) is 131 cm³/mol. The Hall–Kier alpha value is -3.45. The summed E-state index contributed by atoms with van der Waals surface area (Å²) >= 11 is 0. The number of benzene rings is 1. The number of hydrogen-bond donors (Lipinski definition) is 3. The van der Waals surface area contributed by atoms with Crippen LogP contribution in [0.1, 0.15) is 56.4 Å². The van der Waals surface area contributed by atoms with Gasteiger partial charge >= 0.3 is 0 Å². The van der Waals surface area contributed by atoms with Crippen LogP contribution in [0.2, 0.25) is 0 Å². The fraction of sp³-hybridized carbons (Fsp3) is 0.346. The van der Waals surface area contributed by atoms with Crippen molar-refractivity contribution in [3.05, 3.63) is 82.0 Å². The van der Waals surface area contributed by atoms with Gasteiger partial charge < -0.3 is 15.6 Å². The van der Waals surface area contributed by atoms with Gasteiger partial charge in [-0.3, -0.25) is 14.0 Å². The number of rotatable bonds is 6. The summed E-state index contributed by atoms with van der Waals surface area (Å²) in [6.45, 7) is 12.2. The zero-order valence-electron chi connectivity index (χ0n) is 19.8. The second kappa shape index (κ2) is 8.48. The summed E-state index contributed by atoms with van der Waals surface area (Å²) in [5.74, 6) is -0.376. The van der Waals surface area contributed by atoms with E-state index in [1.165, 1.54) is 10.5 Å². The third kappa shape index (κ3) is 4.83. The van der Waals surface area contributed by atoms with Crippen LogP contribution in [0, 0.1) is 5.41 Å². The highest BCUT2D eigenvalue weighted by molar-refractivity contribution is 5.92. The normalized spacial score (nSPS) is 12.4. The average Bonchev–Trinajstić information content (AvgIpc) is 3.17. The van der Waals surface area contributed by atoms with Crippen molar-refractivity contribution in [2.24, 2.45) is 5.41 Å². The Labute approximate surface area is 193 Å². The summed E-state index contributed by atoms with van der Waals surface area (Å²) < 4.78 is 1.41. The standard InChI is InChI=1S/C26H31N5O2/c1-25(2,3)26(4,5)28-16-19-13-18-10-9-17(12-20(18)29-19)15-27-24(33)21-14-23(32)31-11-7-6-8-22(31)30-21/h6-14,28-29H,15-16H2,1-5H3,(H,27,33). The second-order valence-electron chi connectivity index (χ2n) is 10.0. The predicted octanol–water partition coefficient (Wildman–Crippen LogP) is 4.02. The maximum absolute atomic E-state index is 12.6. The summed E-state index contributed by atoms with van der Waals surface area (Å²) in [6.07, 6.45) is 1.63. The molecule has 0 bridgehead atoms. The zero-order chi connectivity index (χ0) is 23.8. The number of nitrogens with zero attached hydrogens (tertiary/aromatic N) is 2.